The predicted octanol–water partition coefficient (Wildman–Crippen LogP) is 1.97. The molecule has 104 valence electrons. The maximum absolute atomic E-state index is 11.7. The molecule has 20 heavy (non-hydrogen) atoms. The second-order valence-electron chi connectivity index (χ2n) is 4.05. The molecule has 1 aromatic heterocycles. The van der Waals surface area contributed by atoms with Gasteiger partial charge in [0.15, 0.2) is 0 Å². The smallest absolute Gasteiger partial charge is 0.315 e. The van der Waals surface area contributed by atoms with Crippen molar-refractivity contribution < 1.29 is 14.3 Å². The quantitative estimate of drug-likeness (QED) is 0.644. The highest BCUT2D eigenvalue weighted by Crippen LogP contribution is 2.19. The molecule has 2 rings (SSSR count). The van der Waals surface area contributed by atoms with Crippen molar-refractivity contribution in [2.45, 2.75) is 13.3 Å². The third-order valence-electron chi connectivity index (χ3n) is 2.53. The Morgan fingerprint density at radius 2 is 2.25 bits per heavy atom. The molecule has 0 saturated carbocycles. The third-order valence-corrected chi connectivity index (χ3v) is 2.53. The van der Waals surface area contributed by atoms with E-state index < -0.39 is 11.9 Å². The lowest BCUT2D eigenvalue weighted by Crippen LogP contribution is -2.18. The van der Waals surface area contributed by atoms with Gasteiger partial charge in [-0.2, -0.15) is 0 Å². The number of carbonyl (C=O) groups excluding carboxylic acids is 2. The van der Waals surface area contributed by atoms with Crippen LogP contribution in [0.25, 0.3) is 11.4 Å². The van der Waals surface area contributed by atoms with Crippen molar-refractivity contribution in [2.24, 2.45) is 0 Å². The monoisotopic (exact) mass is 273 g/mol. The van der Waals surface area contributed by atoms with E-state index in [0.717, 1.165) is 5.56 Å². The van der Waals surface area contributed by atoms with Crippen LogP contribution in [0.1, 0.15) is 13.3 Å². The molecule has 0 fully saturated rings. The number of carbonyl (C=O) groups is 2. The van der Waals surface area contributed by atoms with E-state index >= 15 is 0 Å². The highest BCUT2D eigenvalue weighted by molar-refractivity contribution is 6.02. The third kappa shape index (κ3) is 3.68. The molecular weight excluding hydrogens is 258 g/mol. The number of aromatic nitrogens is 2. The molecule has 0 saturated heterocycles. The van der Waals surface area contributed by atoms with Crippen molar-refractivity contribution >= 4 is 17.6 Å². The molecule has 1 aromatic carbocycles. The van der Waals surface area contributed by atoms with Gasteiger partial charge >= 0.3 is 5.97 Å². The summed E-state index contributed by atoms with van der Waals surface area (Å²) in [6.45, 7) is 1.96. The van der Waals surface area contributed by atoms with Gasteiger partial charge in [-0.1, -0.05) is 12.1 Å². The van der Waals surface area contributed by atoms with E-state index in [-0.39, 0.29) is 13.0 Å². The van der Waals surface area contributed by atoms with Gasteiger partial charge < -0.3 is 15.0 Å². The number of nitrogens with zero attached hydrogens (tertiary/aromatic N) is 1. The molecule has 0 aliphatic rings. The van der Waals surface area contributed by atoms with Crippen molar-refractivity contribution in [1.29, 1.82) is 0 Å². The Kier molecular flexibility index (Phi) is 4.49. The minimum Gasteiger partial charge on any atom is -0.466 e. The molecule has 0 aliphatic heterocycles. The van der Waals surface area contributed by atoms with E-state index in [0.29, 0.717) is 11.5 Å². The first-order chi connectivity index (χ1) is 9.69. The molecule has 0 radical (unpaired) electrons. The predicted molar refractivity (Wildman–Crippen MR) is 73.9 cm³/mol. The zero-order valence-corrected chi connectivity index (χ0v) is 11.1. The molecule has 6 nitrogen and oxygen atoms in total. The number of imidazole rings is 1. The Balaban J connectivity index is 2.01. The van der Waals surface area contributed by atoms with E-state index in [1.807, 2.05) is 6.07 Å². The van der Waals surface area contributed by atoms with Gasteiger partial charge in [0, 0.05) is 23.6 Å². The van der Waals surface area contributed by atoms with E-state index in [4.69, 9.17) is 4.74 Å². The fourth-order valence-corrected chi connectivity index (χ4v) is 1.72. The largest absolute Gasteiger partial charge is 0.466 e. The lowest BCUT2D eigenvalue weighted by Gasteiger charge is -2.06. The summed E-state index contributed by atoms with van der Waals surface area (Å²) in [6, 6.07) is 7.20. The number of aromatic amines is 1. The number of H-pyrrole nitrogens is 1. The van der Waals surface area contributed by atoms with Gasteiger partial charge in [-0.05, 0) is 19.1 Å². The summed E-state index contributed by atoms with van der Waals surface area (Å²) in [5, 5.41) is 2.65. The van der Waals surface area contributed by atoms with Crippen molar-refractivity contribution in [2.75, 3.05) is 11.9 Å². The van der Waals surface area contributed by atoms with Crippen LogP contribution in [0.15, 0.2) is 36.7 Å². The number of esters is 1. The lowest BCUT2D eigenvalue weighted by atomic mass is 10.2. The molecule has 0 atom stereocenters. The summed E-state index contributed by atoms with van der Waals surface area (Å²) in [4.78, 5) is 30.0. The van der Waals surface area contributed by atoms with Gasteiger partial charge in [0.05, 0.1) is 6.61 Å². The van der Waals surface area contributed by atoms with E-state index in [2.05, 4.69) is 15.3 Å². The summed E-state index contributed by atoms with van der Waals surface area (Å²) < 4.78 is 4.72. The zero-order chi connectivity index (χ0) is 14.4. The van der Waals surface area contributed by atoms with Crippen LogP contribution < -0.4 is 5.32 Å². The average molecular weight is 273 g/mol. The number of hydrogen-bond donors (Lipinski definition) is 2. The molecular formula is C14H15N3O3. The van der Waals surface area contributed by atoms with Gasteiger partial charge in [-0.3, -0.25) is 9.59 Å². The van der Waals surface area contributed by atoms with Crippen LogP contribution in [0.2, 0.25) is 0 Å². The van der Waals surface area contributed by atoms with Gasteiger partial charge in [0.1, 0.15) is 12.2 Å². The lowest BCUT2D eigenvalue weighted by molar-refractivity contribution is -0.145. The van der Waals surface area contributed by atoms with E-state index in [1.165, 1.54) is 0 Å². The minimum atomic E-state index is -0.535. The van der Waals surface area contributed by atoms with Crippen molar-refractivity contribution in [3.8, 4) is 11.4 Å². The maximum Gasteiger partial charge on any atom is 0.315 e. The molecule has 0 bridgehead atoms. The molecule has 6 heteroatoms. The Morgan fingerprint density at radius 1 is 1.40 bits per heavy atom. The number of anilines is 1. The van der Waals surface area contributed by atoms with Crippen molar-refractivity contribution in [1.82, 2.24) is 9.97 Å². The zero-order valence-electron chi connectivity index (χ0n) is 11.1. The second-order valence-corrected chi connectivity index (χ2v) is 4.05. The maximum atomic E-state index is 11.7. The first kappa shape index (κ1) is 13.8. The molecule has 0 aliphatic carbocycles. The number of rotatable bonds is 5. The highest BCUT2D eigenvalue weighted by atomic mass is 16.5. The normalized spacial score (nSPS) is 10.1. The summed E-state index contributed by atoms with van der Waals surface area (Å²) in [5.41, 5.74) is 1.46. The molecule has 2 aromatic rings. The summed E-state index contributed by atoms with van der Waals surface area (Å²) in [5.74, 6) is -0.223. The Hall–Kier alpha value is -2.63. The fraction of sp³-hybridized carbons (Fsp3) is 0.214. The summed E-state index contributed by atoms with van der Waals surface area (Å²) in [6.07, 6.45) is 3.08. The van der Waals surface area contributed by atoms with Crippen LogP contribution >= 0.6 is 0 Å². The Labute approximate surface area is 116 Å². The highest BCUT2D eigenvalue weighted by Gasteiger charge is 2.10. The molecule has 2 N–H and O–H groups in total. The number of nitrogens with one attached hydrogen (secondary N) is 2. The molecule has 0 spiro atoms. The standard InChI is InChI=1S/C14H15N3O3/c1-2-20-13(19)9-12(18)17-11-5-3-4-10(8-11)14-15-6-7-16-14/h3-8H,2,9H2,1H3,(H,15,16)(H,17,18). The van der Waals surface area contributed by atoms with Crippen molar-refractivity contribution in [3.63, 3.8) is 0 Å². The Morgan fingerprint density at radius 3 is 2.95 bits per heavy atom. The van der Waals surface area contributed by atoms with Gasteiger partial charge in [-0.25, -0.2) is 4.98 Å². The van der Waals surface area contributed by atoms with Crippen molar-refractivity contribution in [3.05, 3.63) is 36.7 Å². The molecule has 1 heterocycles. The van der Waals surface area contributed by atoms with E-state index in [9.17, 15) is 9.59 Å². The molecule has 1 amide bonds. The number of ether oxygens (including phenoxy) is 1. The number of benzene rings is 1. The first-order valence-electron chi connectivity index (χ1n) is 6.24. The van der Waals surface area contributed by atoms with E-state index in [1.54, 1.807) is 37.5 Å². The van der Waals surface area contributed by atoms with Gasteiger partial charge in [-0.15, -0.1) is 0 Å². The fourth-order valence-electron chi connectivity index (χ4n) is 1.72. The first-order valence-corrected chi connectivity index (χ1v) is 6.24. The van der Waals surface area contributed by atoms with Gasteiger partial charge in [0.2, 0.25) is 5.91 Å². The number of amides is 1. The summed E-state index contributed by atoms with van der Waals surface area (Å²) in [7, 11) is 0. The minimum absolute atomic E-state index is 0.264. The van der Waals surface area contributed by atoms with Crippen LogP contribution in [0, 0.1) is 0 Å². The second kappa shape index (κ2) is 6.51. The number of hydrogen-bond acceptors (Lipinski definition) is 4. The topological polar surface area (TPSA) is 84.1 Å². The van der Waals surface area contributed by atoms with Crippen LogP contribution in [0.5, 0.6) is 0 Å². The summed E-state index contributed by atoms with van der Waals surface area (Å²) >= 11 is 0. The van der Waals surface area contributed by atoms with Crippen LogP contribution in [0.3, 0.4) is 0 Å². The average Bonchev–Trinajstić information content (AvgIpc) is 2.92. The SMILES string of the molecule is CCOC(=O)CC(=O)Nc1cccc(-c2ncc[nH]2)c1. The van der Waals surface area contributed by atoms with Crippen LogP contribution in [0.4, 0.5) is 5.69 Å². The van der Waals surface area contributed by atoms with Crippen LogP contribution in [-0.2, 0) is 14.3 Å². The molecule has 0 unspecified atom stereocenters. The Bertz CT molecular complexity index is 593. The van der Waals surface area contributed by atoms with Crippen LogP contribution in [-0.4, -0.2) is 28.5 Å². The van der Waals surface area contributed by atoms with Gasteiger partial charge in [0.25, 0.3) is 0 Å².